The normalized spacial score (nSPS) is 42.7. The number of halogens is 1. The monoisotopic (exact) mass is 286 g/mol. The van der Waals surface area contributed by atoms with E-state index in [2.05, 4.69) is 4.74 Å². The molecule has 9 nitrogen and oxygen atoms in total. The third-order valence-electron chi connectivity index (χ3n) is 2.93. The summed E-state index contributed by atoms with van der Waals surface area (Å²) in [6.45, 7) is -0.964. The summed E-state index contributed by atoms with van der Waals surface area (Å²) in [5.41, 5.74) is 0. The standard InChI is InChI=1S/C9H15FO9/c10-8(17)9(18)7(16)5(15)4(14)6(19-9)3(13)2(12)1-11/h2-7,11-16,18H,1H2/t2-,3-,4-,5-,6+,7+,9-/m1/s1. The van der Waals surface area contributed by atoms with E-state index in [4.69, 9.17) is 10.2 Å². The number of hydrogen-bond acceptors (Lipinski definition) is 9. The van der Waals surface area contributed by atoms with Crippen LogP contribution in [0.1, 0.15) is 0 Å². The minimum absolute atomic E-state index is 0.964. The van der Waals surface area contributed by atoms with Crippen LogP contribution in [0.5, 0.6) is 0 Å². The molecule has 0 radical (unpaired) electrons. The van der Waals surface area contributed by atoms with Crippen molar-refractivity contribution < 1.29 is 49.7 Å². The molecule has 1 aliphatic heterocycles. The van der Waals surface area contributed by atoms with Crippen LogP contribution in [-0.4, -0.2) is 90.8 Å². The Morgan fingerprint density at radius 3 is 2.21 bits per heavy atom. The Morgan fingerprint density at radius 2 is 1.79 bits per heavy atom. The van der Waals surface area contributed by atoms with Crippen molar-refractivity contribution in [3.05, 3.63) is 0 Å². The molecule has 0 unspecified atom stereocenters. The number of carbonyl (C=O) groups is 1. The Hall–Kier alpha value is -0.720. The van der Waals surface area contributed by atoms with Crippen LogP contribution in [0.4, 0.5) is 4.39 Å². The summed E-state index contributed by atoms with van der Waals surface area (Å²) in [4.78, 5) is 10.6. The molecule has 0 bridgehead atoms. The zero-order valence-electron chi connectivity index (χ0n) is 9.50. The maximum Gasteiger partial charge on any atom is 0.363 e. The highest BCUT2D eigenvalue weighted by molar-refractivity contribution is 5.77. The average molecular weight is 286 g/mol. The summed E-state index contributed by atoms with van der Waals surface area (Å²) in [5.74, 6) is -3.49. The molecule has 1 fully saturated rings. The van der Waals surface area contributed by atoms with Crippen molar-refractivity contribution in [2.75, 3.05) is 6.61 Å². The Kier molecular flexibility index (Phi) is 4.92. The van der Waals surface area contributed by atoms with Gasteiger partial charge in [0, 0.05) is 0 Å². The Bertz CT molecular complexity index is 336. The third-order valence-corrected chi connectivity index (χ3v) is 2.93. The van der Waals surface area contributed by atoms with Crippen molar-refractivity contribution >= 4 is 6.04 Å². The molecular weight excluding hydrogens is 271 g/mol. The van der Waals surface area contributed by atoms with E-state index in [0.717, 1.165) is 0 Å². The molecule has 7 atom stereocenters. The maximum absolute atomic E-state index is 12.7. The minimum atomic E-state index is -3.49. The summed E-state index contributed by atoms with van der Waals surface area (Å²) < 4.78 is 17.0. The van der Waals surface area contributed by atoms with Crippen LogP contribution < -0.4 is 0 Å². The molecule has 0 aromatic heterocycles. The van der Waals surface area contributed by atoms with E-state index in [1.807, 2.05) is 0 Å². The number of ether oxygens (including phenoxy) is 1. The lowest BCUT2D eigenvalue weighted by molar-refractivity contribution is -0.346. The first-order valence-electron chi connectivity index (χ1n) is 5.28. The smallest absolute Gasteiger partial charge is 0.363 e. The molecule has 1 heterocycles. The van der Waals surface area contributed by atoms with Crippen LogP contribution in [0.15, 0.2) is 0 Å². The second kappa shape index (κ2) is 5.73. The van der Waals surface area contributed by atoms with Gasteiger partial charge in [-0.3, -0.25) is 4.79 Å². The molecular formula is C9H15FO9. The topological polar surface area (TPSA) is 168 Å². The van der Waals surface area contributed by atoms with Crippen LogP contribution in [-0.2, 0) is 9.53 Å². The maximum atomic E-state index is 12.7. The first kappa shape index (κ1) is 16.3. The summed E-state index contributed by atoms with van der Waals surface area (Å²) >= 11 is 0. The average Bonchev–Trinajstić information content (AvgIpc) is 2.38. The molecule has 10 heteroatoms. The van der Waals surface area contributed by atoms with Crippen LogP contribution in [0.25, 0.3) is 0 Å². The minimum Gasteiger partial charge on any atom is -0.394 e. The van der Waals surface area contributed by atoms with E-state index in [1.165, 1.54) is 0 Å². The summed E-state index contributed by atoms with van der Waals surface area (Å²) in [6, 6.07) is -2.55. The Labute approximate surface area is 106 Å². The number of hydrogen-bond donors (Lipinski definition) is 7. The number of carbonyl (C=O) groups excluding carboxylic acids is 1. The fraction of sp³-hybridized carbons (Fsp3) is 0.889. The molecule has 1 aliphatic rings. The van der Waals surface area contributed by atoms with E-state index in [1.54, 1.807) is 0 Å². The number of aliphatic hydroxyl groups is 7. The van der Waals surface area contributed by atoms with Gasteiger partial charge in [-0.1, -0.05) is 0 Å². The second-order valence-corrected chi connectivity index (χ2v) is 4.22. The van der Waals surface area contributed by atoms with E-state index >= 15 is 0 Å². The van der Waals surface area contributed by atoms with E-state index < -0.39 is 55.1 Å². The Morgan fingerprint density at radius 1 is 1.26 bits per heavy atom. The van der Waals surface area contributed by atoms with Crippen molar-refractivity contribution in [3.8, 4) is 0 Å². The van der Waals surface area contributed by atoms with Crippen molar-refractivity contribution in [3.63, 3.8) is 0 Å². The first-order chi connectivity index (χ1) is 8.66. The third kappa shape index (κ3) is 2.75. The van der Waals surface area contributed by atoms with Crippen molar-refractivity contribution in [2.45, 2.75) is 42.4 Å². The molecule has 0 aliphatic carbocycles. The molecule has 7 N–H and O–H groups in total. The number of aliphatic hydroxyl groups excluding tert-OH is 6. The highest BCUT2D eigenvalue weighted by Crippen LogP contribution is 2.31. The van der Waals surface area contributed by atoms with Crippen LogP contribution in [0, 0.1) is 0 Å². The van der Waals surface area contributed by atoms with Gasteiger partial charge in [0.05, 0.1) is 6.61 Å². The van der Waals surface area contributed by atoms with Crippen LogP contribution in [0.2, 0.25) is 0 Å². The lowest BCUT2D eigenvalue weighted by Gasteiger charge is -2.45. The number of rotatable bonds is 4. The molecule has 0 saturated carbocycles. The van der Waals surface area contributed by atoms with Gasteiger partial charge in [0.25, 0.3) is 5.79 Å². The summed E-state index contributed by atoms with van der Waals surface area (Å²) in [6.07, 6.45) is -12.6. The fourth-order valence-corrected chi connectivity index (χ4v) is 1.72. The SMILES string of the molecule is O=C(F)[C@]1(O)O[C@@H]([C@H](O)[C@H](O)CO)[C@H](O)[C@@H](O)[C@@H]1O. The quantitative estimate of drug-likeness (QED) is 0.251. The van der Waals surface area contributed by atoms with Gasteiger partial charge < -0.3 is 40.5 Å². The summed E-state index contributed by atoms with van der Waals surface area (Å²) in [5, 5.41) is 64.9. The van der Waals surface area contributed by atoms with Gasteiger partial charge in [-0.05, 0) is 0 Å². The van der Waals surface area contributed by atoms with Gasteiger partial charge >= 0.3 is 6.04 Å². The zero-order valence-corrected chi connectivity index (χ0v) is 9.50. The molecule has 1 rings (SSSR count). The van der Waals surface area contributed by atoms with Gasteiger partial charge in [0.15, 0.2) is 0 Å². The van der Waals surface area contributed by atoms with Gasteiger partial charge in [-0.25, -0.2) is 0 Å². The highest BCUT2D eigenvalue weighted by atomic mass is 19.1. The summed E-state index contributed by atoms with van der Waals surface area (Å²) in [7, 11) is 0. The highest BCUT2D eigenvalue weighted by Gasteiger charge is 2.59. The van der Waals surface area contributed by atoms with E-state index in [-0.39, 0.29) is 0 Å². The second-order valence-electron chi connectivity index (χ2n) is 4.22. The van der Waals surface area contributed by atoms with Crippen LogP contribution >= 0.6 is 0 Å². The van der Waals surface area contributed by atoms with E-state index in [0.29, 0.717) is 0 Å². The lowest BCUT2D eigenvalue weighted by atomic mass is 9.89. The van der Waals surface area contributed by atoms with Crippen LogP contribution in [0.3, 0.4) is 0 Å². The molecule has 0 spiro atoms. The van der Waals surface area contributed by atoms with Crippen molar-refractivity contribution in [1.29, 1.82) is 0 Å². The molecule has 0 amide bonds. The molecule has 112 valence electrons. The van der Waals surface area contributed by atoms with Gasteiger partial charge in [0.2, 0.25) is 0 Å². The predicted molar refractivity (Wildman–Crippen MR) is 53.1 cm³/mol. The Balaban J connectivity index is 3.04. The van der Waals surface area contributed by atoms with Gasteiger partial charge in [-0.15, -0.1) is 0 Å². The van der Waals surface area contributed by atoms with Crippen molar-refractivity contribution in [1.82, 2.24) is 0 Å². The molecule has 19 heavy (non-hydrogen) atoms. The fourth-order valence-electron chi connectivity index (χ4n) is 1.72. The molecule has 0 aromatic carbocycles. The van der Waals surface area contributed by atoms with E-state index in [9.17, 15) is 34.7 Å². The zero-order chi connectivity index (χ0) is 15.0. The lowest BCUT2D eigenvalue weighted by Crippen LogP contribution is -2.69. The predicted octanol–water partition coefficient (Wildman–Crippen LogP) is -4.63. The largest absolute Gasteiger partial charge is 0.394 e. The van der Waals surface area contributed by atoms with Crippen molar-refractivity contribution in [2.24, 2.45) is 0 Å². The van der Waals surface area contributed by atoms with Gasteiger partial charge in [-0.2, -0.15) is 4.39 Å². The molecule has 1 saturated heterocycles. The first-order valence-corrected chi connectivity index (χ1v) is 5.28. The van der Waals surface area contributed by atoms with Gasteiger partial charge in [0.1, 0.15) is 36.6 Å². The molecule has 0 aromatic rings.